The topological polar surface area (TPSA) is 62.9 Å². The van der Waals surface area contributed by atoms with Crippen LogP contribution in [-0.4, -0.2) is 17.6 Å². The van der Waals surface area contributed by atoms with Crippen LogP contribution in [0.4, 0.5) is 11.4 Å². The Morgan fingerprint density at radius 2 is 1.88 bits per heavy atom. The molecule has 0 atom stereocenters. The summed E-state index contributed by atoms with van der Waals surface area (Å²) >= 11 is 0. The highest BCUT2D eigenvalue weighted by atomic mass is 16.5. The third-order valence-corrected chi connectivity index (χ3v) is 3.41. The first-order chi connectivity index (χ1) is 11.3. The van der Waals surface area contributed by atoms with Crippen LogP contribution in [0.1, 0.15) is 26.3 Å². The van der Waals surface area contributed by atoms with Gasteiger partial charge < -0.3 is 15.2 Å². The van der Waals surface area contributed by atoms with Crippen LogP contribution in [0.25, 0.3) is 4.85 Å². The van der Waals surface area contributed by atoms with Crippen LogP contribution in [-0.2, 0) is 10.2 Å². The van der Waals surface area contributed by atoms with Gasteiger partial charge in [-0.15, -0.1) is 0 Å². The maximum atomic E-state index is 12.0. The van der Waals surface area contributed by atoms with Crippen LogP contribution in [0.3, 0.4) is 0 Å². The van der Waals surface area contributed by atoms with E-state index in [4.69, 9.17) is 11.3 Å². The van der Waals surface area contributed by atoms with E-state index >= 15 is 0 Å². The molecule has 5 nitrogen and oxygen atoms in total. The lowest BCUT2D eigenvalue weighted by molar-refractivity contribution is -0.118. The molecule has 0 bridgehead atoms. The molecule has 0 spiro atoms. The Labute approximate surface area is 141 Å². The van der Waals surface area contributed by atoms with Crippen molar-refractivity contribution in [2.45, 2.75) is 26.2 Å². The number of benzene rings is 2. The second-order valence-corrected chi connectivity index (χ2v) is 6.43. The van der Waals surface area contributed by atoms with Crippen molar-refractivity contribution in [1.82, 2.24) is 0 Å². The Kier molecular flexibility index (Phi) is 5.10. The molecule has 2 aromatic carbocycles. The molecule has 0 aliphatic carbocycles. The number of rotatable bonds is 4. The van der Waals surface area contributed by atoms with Gasteiger partial charge in [-0.2, -0.15) is 0 Å². The zero-order valence-electron chi connectivity index (χ0n) is 14.0. The quantitative estimate of drug-likeness (QED) is 0.652. The maximum absolute atomic E-state index is 12.0. The van der Waals surface area contributed by atoms with Crippen LogP contribution in [0.2, 0.25) is 0 Å². The van der Waals surface area contributed by atoms with Gasteiger partial charge in [0.1, 0.15) is 11.5 Å². The summed E-state index contributed by atoms with van der Waals surface area (Å²) in [5, 5.41) is 11.9. The van der Waals surface area contributed by atoms with Crippen molar-refractivity contribution in [2.75, 3.05) is 11.9 Å². The molecule has 0 heterocycles. The zero-order chi connectivity index (χ0) is 17.7. The van der Waals surface area contributed by atoms with Crippen molar-refractivity contribution < 1.29 is 14.6 Å². The summed E-state index contributed by atoms with van der Waals surface area (Å²) in [6.07, 6.45) is 0. The summed E-state index contributed by atoms with van der Waals surface area (Å²) in [4.78, 5) is 15.4. The fourth-order valence-electron chi connectivity index (χ4n) is 2.18. The van der Waals surface area contributed by atoms with E-state index < -0.39 is 0 Å². The van der Waals surface area contributed by atoms with Gasteiger partial charge in [0.05, 0.1) is 6.57 Å². The molecule has 0 saturated carbocycles. The highest BCUT2D eigenvalue weighted by Gasteiger charge is 2.20. The molecule has 0 radical (unpaired) electrons. The first kappa shape index (κ1) is 17.4. The van der Waals surface area contributed by atoms with Crippen molar-refractivity contribution >= 4 is 17.3 Å². The van der Waals surface area contributed by atoms with E-state index in [0.717, 1.165) is 5.56 Å². The van der Waals surface area contributed by atoms with Crippen molar-refractivity contribution in [1.29, 1.82) is 0 Å². The number of ether oxygens (including phenoxy) is 1. The lowest BCUT2D eigenvalue weighted by Gasteiger charge is -2.23. The first-order valence-electron chi connectivity index (χ1n) is 7.53. The molecule has 0 aromatic heterocycles. The second-order valence-electron chi connectivity index (χ2n) is 6.43. The fourth-order valence-corrected chi connectivity index (χ4v) is 2.18. The Morgan fingerprint density at radius 1 is 1.21 bits per heavy atom. The van der Waals surface area contributed by atoms with Gasteiger partial charge >= 0.3 is 0 Å². The molecule has 1 amide bonds. The standard InChI is InChI=1S/C19H20N2O3/c1-19(2,3)16-11-14(20-4)7-10-17(16)24-12-18(23)21-13-5-8-15(22)9-6-13/h5-11,22H,12H2,1-3H3,(H,21,23). The molecular weight excluding hydrogens is 304 g/mol. The van der Waals surface area contributed by atoms with Crippen molar-refractivity contribution in [3.63, 3.8) is 0 Å². The second kappa shape index (κ2) is 7.05. The fraction of sp³-hybridized carbons (Fsp3) is 0.263. The molecular formula is C19H20N2O3. The summed E-state index contributed by atoms with van der Waals surface area (Å²) in [6, 6.07) is 11.4. The first-order valence-corrected chi connectivity index (χ1v) is 7.53. The largest absolute Gasteiger partial charge is 0.508 e. The monoisotopic (exact) mass is 324 g/mol. The van der Waals surface area contributed by atoms with E-state index in [1.807, 2.05) is 20.8 Å². The summed E-state index contributed by atoms with van der Waals surface area (Å²) in [6.45, 7) is 13.1. The van der Waals surface area contributed by atoms with Crippen molar-refractivity contribution in [2.24, 2.45) is 0 Å². The number of amides is 1. The minimum atomic E-state index is -0.296. The van der Waals surface area contributed by atoms with Crippen molar-refractivity contribution in [3.8, 4) is 11.5 Å². The van der Waals surface area contributed by atoms with Crippen LogP contribution >= 0.6 is 0 Å². The highest BCUT2D eigenvalue weighted by Crippen LogP contribution is 2.34. The normalized spacial score (nSPS) is 10.8. The van der Waals surface area contributed by atoms with Crippen LogP contribution in [0, 0.1) is 6.57 Å². The lowest BCUT2D eigenvalue weighted by atomic mass is 9.86. The number of nitrogens with zero attached hydrogens (tertiary/aromatic N) is 1. The third kappa shape index (κ3) is 4.50. The molecule has 0 aliphatic heterocycles. The smallest absolute Gasteiger partial charge is 0.262 e. The average molecular weight is 324 g/mol. The van der Waals surface area contributed by atoms with Gasteiger partial charge in [-0.3, -0.25) is 4.79 Å². The number of nitrogens with one attached hydrogen (secondary N) is 1. The van der Waals surface area contributed by atoms with Gasteiger partial charge in [0.25, 0.3) is 5.91 Å². The summed E-state index contributed by atoms with van der Waals surface area (Å²) in [5.74, 6) is 0.435. The molecule has 24 heavy (non-hydrogen) atoms. The lowest BCUT2D eigenvalue weighted by Crippen LogP contribution is -2.21. The highest BCUT2D eigenvalue weighted by molar-refractivity contribution is 5.91. The number of carbonyl (C=O) groups is 1. The zero-order valence-corrected chi connectivity index (χ0v) is 14.0. The van der Waals surface area contributed by atoms with E-state index in [2.05, 4.69) is 10.2 Å². The summed E-state index contributed by atoms with van der Waals surface area (Å²) in [5.41, 5.74) is 1.80. The molecule has 0 aliphatic rings. The number of hydrogen-bond acceptors (Lipinski definition) is 3. The number of anilines is 1. The SMILES string of the molecule is [C-]#[N+]c1ccc(OCC(=O)Nc2ccc(O)cc2)c(C(C)(C)C)c1. The molecule has 0 unspecified atom stereocenters. The van der Waals surface area contributed by atoms with Crippen molar-refractivity contribution in [3.05, 3.63) is 59.4 Å². The number of phenolic OH excluding ortho intramolecular Hbond substituents is 1. The molecule has 0 saturated heterocycles. The predicted octanol–water partition coefficient (Wildman–Crippen LogP) is 4.26. The Morgan fingerprint density at radius 3 is 2.46 bits per heavy atom. The van der Waals surface area contributed by atoms with E-state index in [1.54, 1.807) is 30.3 Å². The summed E-state index contributed by atoms with van der Waals surface area (Å²) < 4.78 is 5.66. The minimum absolute atomic E-state index is 0.138. The van der Waals surface area contributed by atoms with Gasteiger partial charge in [-0.25, -0.2) is 4.85 Å². The van der Waals surface area contributed by atoms with Crippen LogP contribution < -0.4 is 10.1 Å². The number of carbonyl (C=O) groups excluding carboxylic acids is 1. The van der Waals surface area contributed by atoms with Gasteiger partial charge in [-0.05, 0) is 47.4 Å². The van der Waals surface area contributed by atoms with Crippen LogP contribution in [0.15, 0.2) is 42.5 Å². The van der Waals surface area contributed by atoms with E-state index in [0.29, 0.717) is 17.1 Å². The molecule has 2 rings (SSSR count). The Balaban J connectivity index is 2.07. The number of hydrogen-bond donors (Lipinski definition) is 2. The third-order valence-electron chi connectivity index (χ3n) is 3.41. The van der Waals surface area contributed by atoms with Gasteiger partial charge in [-0.1, -0.05) is 26.8 Å². The average Bonchev–Trinajstić information content (AvgIpc) is 2.54. The molecule has 0 fully saturated rings. The van der Waals surface area contributed by atoms with Crippen LogP contribution in [0.5, 0.6) is 11.5 Å². The Bertz CT molecular complexity index is 769. The number of aromatic hydroxyl groups is 1. The van der Waals surface area contributed by atoms with Gasteiger partial charge in [0.2, 0.25) is 0 Å². The molecule has 5 heteroatoms. The maximum Gasteiger partial charge on any atom is 0.262 e. The molecule has 2 aromatic rings. The van der Waals surface area contributed by atoms with E-state index in [9.17, 15) is 9.90 Å². The summed E-state index contributed by atoms with van der Waals surface area (Å²) in [7, 11) is 0. The number of phenols is 1. The van der Waals surface area contributed by atoms with E-state index in [1.165, 1.54) is 12.1 Å². The Hall–Kier alpha value is -3.00. The minimum Gasteiger partial charge on any atom is -0.508 e. The predicted molar refractivity (Wildman–Crippen MR) is 93.6 cm³/mol. The van der Waals surface area contributed by atoms with Gasteiger partial charge in [0.15, 0.2) is 12.3 Å². The van der Waals surface area contributed by atoms with E-state index in [-0.39, 0.29) is 23.7 Å². The molecule has 124 valence electrons. The van der Waals surface area contributed by atoms with Gasteiger partial charge in [0, 0.05) is 5.69 Å². The molecule has 2 N–H and O–H groups in total.